The van der Waals surface area contributed by atoms with Crippen LogP contribution in [0.4, 0.5) is 0 Å². The van der Waals surface area contributed by atoms with Crippen molar-refractivity contribution in [3.05, 3.63) is 0 Å². The van der Waals surface area contributed by atoms with E-state index in [2.05, 4.69) is 13.8 Å². The first-order valence-corrected chi connectivity index (χ1v) is 24.0. The van der Waals surface area contributed by atoms with Crippen molar-refractivity contribution in [2.24, 2.45) is 0 Å². The Labute approximate surface area is 317 Å². The number of carbonyl (C=O) groups is 1. The third-order valence-electron chi connectivity index (χ3n) is 11.2. The molecule has 0 radical (unpaired) electrons. The summed E-state index contributed by atoms with van der Waals surface area (Å²) < 4.78 is 5.46. The number of hydrogen-bond acceptors (Lipinski definition) is 2. The summed E-state index contributed by atoms with van der Waals surface area (Å²) in [6.07, 6.45) is 61.0. The lowest BCUT2D eigenvalue weighted by molar-refractivity contribution is -0.143. The van der Waals surface area contributed by atoms with Crippen molar-refractivity contribution in [1.82, 2.24) is 0 Å². The molecular weight excluding hydrogens is 609 g/mol. The second-order valence-corrected chi connectivity index (χ2v) is 16.5. The maximum absolute atomic E-state index is 12.0. The van der Waals surface area contributed by atoms with E-state index in [0.29, 0.717) is 13.0 Å². The Hall–Kier alpha value is -0.530. The average Bonchev–Trinajstić information content (AvgIpc) is 3.12. The Morgan fingerprint density at radius 2 is 0.440 bits per heavy atom. The maximum atomic E-state index is 12.0. The Morgan fingerprint density at radius 1 is 0.260 bits per heavy atom. The summed E-state index contributed by atoms with van der Waals surface area (Å²) >= 11 is 0. The minimum atomic E-state index is 0.0310. The molecule has 0 aliphatic carbocycles. The van der Waals surface area contributed by atoms with Gasteiger partial charge in [-0.3, -0.25) is 4.79 Å². The fourth-order valence-electron chi connectivity index (χ4n) is 7.67. The van der Waals surface area contributed by atoms with E-state index in [4.69, 9.17) is 4.74 Å². The Kier molecular flexibility index (Phi) is 46.0. The first-order valence-electron chi connectivity index (χ1n) is 24.0. The van der Waals surface area contributed by atoms with Gasteiger partial charge in [0, 0.05) is 6.42 Å². The van der Waals surface area contributed by atoms with Gasteiger partial charge in [0.05, 0.1) is 6.61 Å². The molecule has 50 heavy (non-hydrogen) atoms. The van der Waals surface area contributed by atoms with Crippen LogP contribution in [0, 0.1) is 0 Å². The van der Waals surface area contributed by atoms with Crippen molar-refractivity contribution >= 4 is 5.97 Å². The molecule has 0 saturated carbocycles. The number of carbonyl (C=O) groups excluding carboxylic acids is 1. The number of unbranched alkanes of at least 4 members (excludes halogenated alkanes) is 41. The minimum Gasteiger partial charge on any atom is -0.466 e. The second-order valence-electron chi connectivity index (χ2n) is 16.5. The van der Waals surface area contributed by atoms with Crippen LogP contribution in [0.1, 0.15) is 296 Å². The number of ether oxygens (including phenoxy) is 1. The molecule has 0 aliphatic heterocycles. The molecule has 0 spiro atoms. The molecule has 0 saturated heterocycles. The Balaban J connectivity index is 3.12. The summed E-state index contributed by atoms with van der Waals surface area (Å²) in [5.41, 5.74) is 0. The van der Waals surface area contributed by atoms with Crippen LogP contribution in [0.2, 0.25) is 0 Å². The number of hydrogen-bond donors (Lipinski definition) is 0. The molecule has 0 amide bonds. The van der Waals surface area contributed by atoms with E-state index in [9.17, 15) is 4.79 Å². The lowest BCUT2D eigenvalue weighted by Crippen LogP contribution is -2.05. The van der Waals surface area contributed by atoms with Crippen LogP contribution >= 0.6 is 0 Å². The molecule has 0 heterocycles. The van der Waals surface area contributed by atoms with Gasteiger partial charge in [-0.15, -0.1) is 0 Å². The summed E-state index contributed by atoms with van der Waals surface area (Å²) in [6.45, 7) is 5.23. The van der Waals surface area contributed by atoms with Gasteiger partial charge in [0.15, 0.2) is 0 Å². The van der Waals surface area contributed by atoms with Gasteiger partial charge in [-0.25, -0.2) is 0 Å². The number of esters is 1. The first-order chi connectivity index (χ1) is 24.8. The molecule has 0 rings (SSSR count). The van der Waals surface area contributed by atoms with Crippen molar-refractivity contribution in [1.29, 1.82) is 0 Å². The number of rotatable bonds is 45. The van der Waals surface area contributed by atoms with E-state index in [1.165, 1.54) is 263 Å². The second kappa shape index (κ2) is 46.5. The van der Waals surface area contributed by atoms with Crippen molar-refractivity contribution in [3.8, 4) is 0 Å². The van der Waals surface area contributed by atoms with Gasteiger partial charge in [0.1, 0.15) is 0 Å². The largest absolute Gasteiger partial charge is 0.466 e. The van der Waals surface area contributed by atoms with Gasteiger partial charge in [-0.2, -0.15) is 0 Å². The quantitative estimate of drug-likeness (QED) is 0.0466. The van der Waals surface area contributed by atoms with Crippen molar-refractivity contribution in [2.45, 2.75) is 296 Å². The zero-order valence-electron chi connectivity index (χ0n) is 35.1. The predicted octanol–water partition coefficient (Wildman–Crippen LogP) is 17.7. The van der Waals surface area contributed by atoms with Crippen LogP contribution in [0.5, 0.6) is 0 Å². The SMILES string of the molecule is CCCCCCCCCCCCCCCCCCCCCCCCCCCCCCCCCC(=O)OCCCCCCCCCCCCCC. The molecule has 0 aromatic carbocycles. The fourth-order valence-corrected chi connectivity index (χ4v) is 7.67. The maximum Gasteiger partial charge on any atom is 0.305 e. The Morgan fingerprint density at radius 3 is 0.660 bits per heavy atom. The molecule has 0 aromatic heterocycles. The highest BCUT2D eigenvalue weighted by Crippen LogP contribution is 2.17. The summed E-state index contributed by atoms with van der Waals surface area (Å²) in [6, 6.07) is 0. The monoisotopic (exact) mass is 705 g/mol. The zero-order chi connectivity index (χ0) is 36.1. The van der Waals surface area contributed by atoms with Crippen molar-refractivity contribution in [2.75, 3.05) is 6.61 Å². The van der Waals surface area contributed by atoms with Crippen LogP contribution in [0.25, 0.3) is 0 Å². The smallest absolute Gasteiger partial charge is 0.305 e. The summed E-state index contributed by atoms with van der Waals surface area (Å²) in [7, 11) is 0. The topological polar surface area (TPSA) is 26.3 Å². The van der Waals surface area contributed by atoms with Gasteiger partial charge in [0.2, 0.25) is 0 Å². The third kappa shape index (κ3) is 45.5. The van der Waals surface area contributed by atoms with Crippen molar-refractivity contribution in [3.63, 3.8) is 0 Å². The predicted molar refractivity (Wildman–Crippen MR) is 225 cm³/mol. The van der Waals surface area contributed by atoms with Crippen LogP contribution in [-0.2, 0) is 9.53 Å². The lowest BCUT2D eigenvalue weighted by atomic mass is 10.0. The summed E-state index contributed by atoms with van der Waals surface area (Å²) in [5.74, 6) is 0.0310. The normalized spacial score (nSPS) is 11.5. The lowest BCUT2D eigenvalue weighted by Gasteiger charge is -2.06. The fraction of sp³-hybridized carbons (Fsp3) is 0.979. The molecule has 0 fully saturated rings. The van der Waals surface area contributed by atoms with E-state index in [-0.39, 0.29) is 5.97 Å². The highest BCUT2D eigenvalue weighted by molar-refractivity contribution is 5.69. The van der Waals surface area contributed by atoms with Crippen LogP contribution in [-0.4, -0.2) is 12.6 Å². The van der Waals surface area contributed by atoms with E-state index in [1.54, 1.807) is 0 Å². The average molecular weight is 705 g/mol. The molecule has 0 aromatic rings. The minimum absolute atomic E-state index is 0.0310. The van der Waals surface area contributed by atoms with E-state index in [0.717, 1.165) is 12.8 Å². The van der Waals surface area contributed by atoms with Crippen LogP contribution < -0.4 is 0 Å². The molecular formula is C48H96O2. The van der Waals surface area contributed by atoms with Gasteiger partial charge < -0.3 is 4.74 Å². The van der Waals surface area contributed by atoms with E-state index < -0.39 is 0 Å². The summed E-state index contributed by atoms with van der Waals surface area (Å²) in [4.78, 5) is 12.0. The molecule has 0 N–H and O–H groups in total. The molecule has 300 valence electrons. The molecule has 0 unspecified atom stereocenters. The van der Waals surface area contributed by atoms with Gasteiger partial charge in [-0.1, -0.05) is 277 Å². The Bertz CT molecular complexity index is 601. The zero-order valence-corrected chi connectivity index (χ0v) is 35.1. The van der Waals surface area contributed by atoms with Crippen molar-refractivity contribution < 1.29 is 9.53 Å². The molecule has 0 bridgehead atoms. The van der Waals surface area contributed by atoms with Crippen LogP contribution in [0.3, 0.4) is 0 Å². The highest BCUT2D eigenvalue weighted by atomic mass is 16.5. The third-order valence-corrected chi connectivity index (χ3v) is 11.2. The molecule has 2 nitrogen and oxygen atoms in total. The standard InChI is InChI=1S/C48H96O2/c1-3-5-7-9-11-13-15-17-18-19-20-21-22-23-24-25-26-27-28-29-30-31-32-33-34-35-36-38-40-42-44-46-48(49)50-47-45-43-41-39-37-16-14-12-10-8-6-4-2/h3-47H2,1-2H3. The summed E-state index contributed by atoms with van der Waals surface area (Å²) in [5, 5.41) is 0. The first kappa shape index (κ1) is 49.5. The van der Waals surface area contributed by atoms with Gasteiger partial charge in [0.25, 0.3) is 0 Å². The highest BCUT2D eigenvalue weighted by Gasteiger charge is 2.03. The van der Waals surface area contributed by atoms with Crippen LogP contribution in [0.15, 0.2) is 0 Å². The van der Waals surface area contributed by atoms with Gasteiger partial charge in [-0.05, 0) is 12.8 Å². The molecule has 0 atom stereocenters. The van der Waals surface area contributed by atoms with E-state index in [1.807, 2.05) is 0 Å². The molecule has 0 aliphatic rings. The van der Waals surface area contributed by atoms with E-state index >= 15 is 0 Å². The van der Waals surface area contributed by atoms with Gasteiger partial charge >= 0.3 is 5.97 Å². The molecule has 2 heteroatoms.